The first kappa shape index (κ1) is 22.9. The van der Waals surface area contributed by atoms with Crippen LogP contribution >= 0.6 is 0 Å². The number of likely N-dealkylation sites (N-methyl/N-ethyl adjacent to an activating group) is 1. The van der Waals surface area contributed by atoms with Gasteiger partial charge in [-0.05, 0) is 54.4 Å². The predicted molar refractivity (Wildman–Crippen MR) is 114 cm³/mol. The van der Waals surface area contributed by atoms with E-state index in [-0.39, 0.29) is 23.4 Å². The van der Waals surface area contributed by atoms with Crippen LogP contribution in [0.5, 0.6) is 5.75 Å². The molecule has 0 aliphatic carbocycles. The maximum Gasteiger partial charge on any atom is 0.413 e. The summed E-state index contributed by atoms with van der Waals surface area (Å²) in [6.07, 6.45) is -1.13. The first-order valence-corrected chi connectivity index (χ1v) is 9.75. The second-order valence-corrected chi connectivity index (χ2v) is 7.21. The first-order valence-electron chi connectivity index (χ1n) is 9.75. The number of hydrogen-bond acceptors (Lipinski definition) is 3. The van der Waals surface area contributed by atoms with Crippen LogP contribution in [0.2, 0.25) is 0 Å². The van der Waals surface area contributed by atoms with Crippen molar-refractivity contribution >= 4 is 17.7 Å². The highest BCUT2D eigenvalue weighted by atomic mass is 19.1. The summed E-state index contributed by atoms with van der Waals surface area (Å²) in [4.78, 5) is 26.7. The average Bonchev–Trinajstić information content (AvgIpc) is 2.74. The van der Waals surface area contributed by atoms with Crippen LogP contribution in [0, 0.1) is 24.4 Å². The molecule has 8 heteroatoms. The number of benzene rings is 3. The van der Waals surface area contributed by atoms with E-state index in [0.717, 1.165) is 17.0 Å². The van der Waals surface area contributed by atoms with E-state index < -0.39 is 35.5 Å². The Morgan fingerprint density at radius 2 is 1.62 bits per heavy atom. The molecule has 0 aliphatic rings. The standard InChI is InChI=1S/C24H21F3N2O3/c1-15-8-9-19(14-21(15)27)29(2)23(30)22(12-16-10-17(25)13-18(26)11-16)28-24(31)32-20-6-4-3-5-7-20/h3-11,13-14,22H,12H2,1-2H3,(H,28,31)/t22-/m0/s1. The summed E-state index contributed by atoms with van der Waals surface area (Å²) in [5, 5.41) is 2.44. The zero-order valence-electron chi connectivity index (χ0n) is 17.4. The molecule has 3 aromatic rings. The molecule has 32 heavy (non-hydrogen) atoms. The topological polar surface area (TPSA) is 58.6 Å². The van der Waals surface area contributed by atoms with E-state index in [9.17, 15) is 22.8 Å². The lowest BCUT2D eigenvalue weighted by atomic mass is 10.0. The number of anilines is 1. The molecule has 3 rings (SSSR count). The molecular formula is C24H21F3N2O3. The fraction of sp³-hybridized carbons (Fsp3) is 0.167. The van der Waals surface area contributed by atoms with E-state index in [2.05, 4.69) is 5.32 Å². The lowest BCUT2D eigenvalue weighted by molar-refractivity contribution is -0.120. The van der Waals surface area contributed by atoms with Crippen LogP contribution < -0.4 is 15.0 Å². The van der Waals surface area contributed by atoms with E-state index >= 15 is 0 Å². The van der Waals surface area contributed by atoms with Crippen molar-refractivity contribution in [3.8, 4) is 5.75 Å². The average molecular weight is 442 g/mol. The van der Waals surface area contributed by atoms with Crippen LogP contribution in [-0.4, -0.2) is 25.1 Å². The lowest BCUT2D eigenvalue weighted by Crippen LogP contribution is -2.49. The first-order chi connectivity index (χ1) is 15.2. The summed E-state index contributed by atoms with van der Waals surface area (Å²) in [5.74, 6) is -2.49. The Kier molecular flexibility index (Phi) is 7.14. The molecule has 3 aromatic carbocycles. The normalized spacial score (nSPS) is 11.5. The van der Waals surface area contributed by atoms with E-state index in [1.807, 2.05) is 0 Å². The molecule has 0 bridgehead atoms. The Morgan fingerprint density at radius 3 is 2.25 bits per heavy atom. The number of aryl methyl sites for hydroxylation is 1. The maximum absolute atomic E-state index is 14.0. The van der Waals surface area contributed by atoms with Crippen LogP contribution in [0.4, 0.5) is 23.7 Å². The fourth-order valence-corrected chi connectivity index (χ4v) is 3.08. The Hall–Kier alpha value is -3.81. The highest BCUT2D eigenvalue weighted by Gasteiger charge is 2.27. The van der Waals surface area contributed by atoms with Crippen LogP contribution in [0.15, 0.2) is 66.7 Å². The van der Waals surface area contributed by atoms with Gasteiger partial charge in [0.15, 0.2) is 0 Å². The van der Waals surface area contributed by atoms with Gasteiger partial charge in [-0.25, -0.2) is 18.0 Å². The van der Waals surface area contributed by atoms with Gasteiger partial charge in [0.05, 0.1) is 0 Å². The fourth-order valence-electron chi connectivity index (χ4n) is 3.08. The largest absolute Gasteiger partial charge is 0.413 e. The molecule has 0 radical (unpaired) electrons. The third-order valence-electron chi connectivity index (χ3n) is 4.78. The molecule has 5 nitrogen and oxygen atoms in total. The van der Waals surface area contributed by atoms with E-state index in [4.69, 9.17) is 4.74 Å². The van der Waals surface area contributed by atoms with Gasteiger partial charge in [-0.2, -0.15) is 0 Å². The van der Waals surface area contributed by atoms with Crippen molar-refractivity contribution in [1.29, 1.82) is 0 Å². The Labute approximate surface area is 183 Å². The monoisotopic (exact) mass is 442 g/mol. The van der Waals surface area contributed by atoms with Gasteiger partial charge in [-0.3, -0.25) is 4.79 Å². The lowest BCUT2D eigenvalue weighted by Gasteiger charge is -2.25. The third kappa shape index (κ3) is 5.87. The minimum Gasteiger partial charge on any atom is -0.410 e. The molecule has 1 N–H and O–H groups in total. The Morgan fingerprint density at radius 1 is 0.969 bits per heavy atom. The molecule has 0 saturated carbocycles. The number of nitrogens with one attached hydrogen (secondary N) is 1. The Balaban J connectivity index is 1.84. The summed E-state index contributed by atoms with van der Waals surface area (Å²) in [5.41, 5.74) is 0.821. The summed E-state index contributed by atoms with van der Waals surface area (Å²) in [6.45, 7) is 1.59. The summed E-state index contributed by atoms with van der Waals surface area (Å²) in [7, 11) is 1.41. The number of amides is 2. The zero-order chi connectivity index (χ0) is 23.3. The van der Waals surface area contributed by atoms with E-state index in [1.54, 1.807) is 43.3 Å². The number of ether oxygens (including phenoxy) is 1. The van der Waals surface area contributed by atoms with Crippen molar-refractivity contribution in [1.82, 2.24) is 5.32 Å². The summed E-state index contributed by atoms with van der Waals surface area (Å²) in [6, 6.07) is 14.1. The van der Waals surface area contributed by atoms with Crippen LogP contribution in [0.1, 0.15) is 11.1 Å². The third-order valence-corrected chi connectivity index (χ3v) is 4.78. The molecule has 0 heterocycles. The van der Waals surface area contributed by atoms with Gasteiger partial charge >= 0.3 is 6.09 Å². The van der Waals surface area contributed by atoms with Crippen LogP contribution in [0.3, 0.4) is 0 Å². The SMILES string of the molecule is Cc1ccc(N(C)C(=O)[C@H](Cc2cc(F)cc(F)c2)NC(=O)Oc2ccccc2)cc1F. The number of hydrogen-bond donors (Lipinski definition) is 1. The maximum atomic E-state index is 14.0. The second kappa shape index (κ2) is 10.00. The van der Waals surface area contributed by atoms with Crippen molar-refractivity contribution in [3.05, 3.63) is 95.3 Å². The molecule has 0 unspecified atom stereocenters. The molecule has 0 fully saturated rings. The second-order valence-electron chi connectivity index (χ2n) is 7.21. The molecular weight excluding hydrogens is 421 g/mol. The quantitative estimate of drug-likeness (QED) is 0.598. The molecule has 2 amide bonds. The van der Waals surface area contributed by atoms with Gasteiger partial charge in [0, 0.05) is 25.2 Å². The van der Waals surface area contributed by atoms with Gasteiger partial charge in [-0.1, -0.05) is 24.3 Å². The molecule has 166 valence electrons. The highest BCUT2D eigenvalue weighted by Crippen LogP contribution is 2.19. The summed E-state index contributed by atoms with van der Waals surface area (Å²) >= 11 is 0. The van der Waals surface area contributed by atoms with Gasteiger partial charge in [0.1, 0.15) is 29.2 Å². The van der Waals surface area contributed by atoms with E-state index in [1.165, 1.54) is 19.2 Å². The molecule has 1 atom stereocenters. The zero-order valence-corrected chi connectivity index (χ0v) is 17.4. The molecule has 0 aromatic heterocycles. The van der Waals surface area contributed by atoms with Crippen molar-refractivity contribution in [2.45, 2.75) is 19.4 Å². The van der Waals surface area contributed by atoms with Crippen molar-refractivity contribution in [2.75, 3.05) is 11.9 Å². The van der Waals surface area contributed by atoms with E-state index in [0.29, 0.717) is 11.6 Å². The smallest absolute Gasteiger partial charge is 0.410 e. The number of rotatable bonds is 6. The van der Waals surface area contributed by atoms with Crippen molar-refractivity contribution in [3.63, 3.8) is 0 Å². The van der Waals surface area contributed by atoms with Crippen molar-refractivity contribution < 1.29 is 27.5 Å². The minimum atomic E-state index is -1.23. The van der Waals surface area contributed by atoms with Crippen LogP contribution in [0.25, 0.3) is 0 Å². The van der Waals surface area contributed by atoms with Crippen molar-refractivity contribution in [2.24, 2.45) is 0 Å². The molecule has 0 saturated heterocycles. The molecule has 0 spiro atoms. The number of halogens is 3. The minimum absolute atomic E-state index is 0.157. The Bertz CT molecular complexity index is 1100. The summed E-state index contributed by atoms with van der Waals surface area (Å²) < 4.78 is 46.4. The van der Waals surface area contributed by atoms with Gasteiger partial charge < -0.3 is 15.0 Å². The van der Waals surface area contributed by atoms with Gasteiger partial charge in [-0.15, -0.1) is 0 Å². The molecule has 0 aliphatic heterocycles. The number of para-hydroxylation sites is 1. The van der Waals surface area contributed by atoms with Crippen LogP contribution in [-0.2, 0) is 11.2 Å². The predicted octanol–water partition coefficient (Wildman–Crippen LogP) is 4.78. The van der Waals surface area contributed by atoms with Gasteiger partial charge in [0.25, 0.3) is 0 Å². The number of carbonyl (C=O) groups excluding carboxylic acids is 2. The number of nitrogens with zero attached hydrogens (tertiary/aromatic N) is 1. The highest BCUT2D eigenvalue weighted by molar-refractivity contribution is 5.98. The number of carbonyl (C=O) groups is 2. The van der Waals surface area contributed by atoms with Gasteiger partial charge in [0.2, 0.25) is 5.91 Å².